The van der Waals surface area contributed by atoms with Gasteiger partial charge in [-0.1, -0.05) is 6.07 Å². The summed E-state index contributed by atoms with van der Waals surface area (Å²) in [6.45, 7) is 1.41. The number of benzene rings is 1. The van der Waals surface area contributed by atoms with Gasteiger partial charge in [0, 0.05) is 23.2 Å². The van der Waals surface area contributed by atoms with Gasteiger partial charge < -0.3 is 10.6 Å². The molecule has 0 fully saturated rings. The normalized spacial score (nSPS) is 18.4. The summed E-state index contributed by atoms with van der Waals surface area (Å²) in [5.41, 5.74) is 1.13. The van der Waals surface area contributed by atoms with E-state index in [2.05, 4.69) is 15.6 Å². The van der Waals surface area contributed by atoms with Crippen LogP contribution in [0.1, 0.15) is 6.92 Å². The molecular formula is C19H20N5O4S+. The van der Waals surface area contributed by atoms with Crippen molar-refractivity contribution < 1.29 is 23.8 Å². The summed E-state index contributed by atoms with van der Waals surface area (Å²) in [6.07, 6.45) is 3.20. The third kappa shape index (κ3) is 4.43. The second-order valence-electron chi connectivity index (χ2n) is 6.48. The average Bonchev–Trinajstić information content (AvgIpc) is 2.68. The van der Waals surface area contributed by atoms with Gasteiger partial charge in [0.15, 0.2) is 5.92 Å². The number of carbonyl (C=O) groups is 4. The van der Waals surface area contributed by atoms with Crippen LogP contribution in [0.5, 0.6) is 0 Å². The zero-order valence-electron chi connectivity index (χ0n) is 16.1. The van der Waals surface area contributed by atoms with Crippen LogP contribution in [0.3, 0.4) is 0 Å². The third-order valence-corrected chi connectivity index (χ3v) is 5.43. The van der Waals surface area contributed by atoms with Crippen LogP contribution in [0.2, 0.25) is 0 Å². The number of fused-ring (bicyclic) bond motifs is 1. The SMILES string of the molecule is CC(=O)Nc1cccc(NC(=O)CSC2=CC=NC3=[N+](C)C(=O)N(C)C(=O)C23)c1. The minimum Gasteiger partial charge on any atom is -0.326 e. The lowest BCUT2D eigenvalue weighted by atomic mass is 10.0. The van der Waals surface area contributed by atoms with Gasteiger partial charge in [0.05, 0.1) is 19.8 Å². The molecule has 10 heteroatoms. The fraction of sp³-hybridized carbons (Fsp3) is 0.263. The average molecular weight is 414 g/mol. The fourth-order valence-corrected chi connectivity index (χ4v) is 3.86. The molecule has 5 amide bonds. The van der Waals surface area contributed by atoms with Crippen LogP contribution in [0.4, 0.5) is 16.2 Å². The van der Waals surface area contributed by atoms with E-state index in [1.54, 1.807) is 37.4 Å². The Labute approximate surface area is 171 Å². The van der Waals surface area contributed by atoms with Crippen LogP contribution >= 0.6 is 11.8 Å². The first-order valence-corrected chi connectivity index (χ1v) is 9.73. The molecule has 0 radical (unpaired) electrons. The van der Waals surface area contributed by atoms with Crippen molar-refractivity contribution in [1.82, 2.24) is 4.90 Å². The Morgan fingerprint density at radius 3 is 2.62 bits per heavy atom. The summed E-state index contributed by atoms with van der Waals surface area (Å²) in [5.74, 6) is -1.11. The second-order valence-corrected chi connectivity index (χ2v) is 7.52. The van der Waals surface area contributed by atoms with Crippen molar-refractivity contribution in [2.24, 2.45) is 10.9 Å². The van der Waals surface area contributed by atoms with E-state index in [1.165, 1.54) is 36.5 Å². The van der Waals surface area contributed by atoms with E-state index in [4.69, 9.17) is 0 Å². The Bertz CT molecular complexity index is 998. The number of hydrogen-bond donors (Lipinski definition) is 2. The minimum absolute atomic E-state index is 0.0719. The van der Waals surface area contributed by atoms with Crippen molar-refractivity contribution >= 4 is 58.9 Å². The second kappa shape index (κ2) is 8.39. The highest BCUT2D eigenvalue weighted by molar-refractivity contribution is 8.03. The molecule has 1 unspecified atom stereocenters. The largest absolute Gasteiger partial charge is 0.445 e. The number of amidine groups is 1. The molecule has 0 aromatic heterocycles. The number of urea groups is 1. The van der Waals surface area contributed by atoms with Crippen LogP contribution in [0.15, 0.2) is 40.2 Å². The van der Waals surface area contributed by atoms with E-state index in [0.717, 1.165) is 4.90 Å². The van der Waals surface area contributed by atoms with E-state index < -0.39 is 11.9 Å². The number of amides is 5. The molecule has 2 aliphatic rings. The first-order valence-electron chi connectivity index (χ1n) is 8.74. The summed E-state index contributed by atoms with van der Waals surface area (Å²) >= 11 is 1.22. The molecule has 0 aliphatic carbocycles. The molecule has 1 aromatic rings. The summed E-state index contributed by atoms with van der Waals surface area (Å²) in [6, 6.07) is 6.37. The molecule has 9 nitrogen and oxygen atoms in total. The van der Waals surface area contributed by atoms with Crippen LogP contribution in [-0.4, -0.2) is 65.1 Å². The number of nitrogens with zero attached hydrogens (tertiary/aromatic N) is 3. The van der Waals surface area contributed by atoms with Gasteiger partial charge in [-0.2, -0.15) is 9.48 Å². The Balaban J connectivity index is 1.67. The molecule has 150 valence electrons. The molecule has 1 atom stereocenters. The third-order valence-electron chi connectivity index (χ3n) is 4.32. The number of aliphatic imine (C=N–C) groups is 1. The maximum atomic E-state index is 12.6. The van der Waals surface area contributed by atoms with Crippen LogP contribution in [0, 0.1) is 5.92 Å². The lowest BCUT2D eigenvalue weighted by molar-refractivity contribution is -0.407. The predicted molar refractivity (Wildman–Crippen MR) is 111 cm³/mol. The number of nitrogens with one attached hydrogen (secondary N) is 2. The van der Waals surface area contributed by atoms with E-state index in [0.29, 0.717) is 22.1 Å². The zero-order valence-corrected chi connectivity index (χ0v) is 16.9. The summed E-state index contributed by atoms with van der Waals surface area (Å²) in [7, 11) is 2.99. The molecule has 0 spiro atoms. The van der Waals surface area contributed by atoms with Crippen molar-refractivity contribution in [3.05, 3.63) is 35.2 Å². The Hall–Kier alpha value is -3.27. The standard InChI is InChI=1S/C19H19N5O4S/c1-11(25)21-12-5-4-6-13(9-12)22-15(26)10-29-14-7-8-20-17-16(14)18(27)24(3)19(28)23(17)2/h4-9,16H,10H2,1-3H3,(H-,21,22,25,26)/p+1. The highest BCUT2D eigenvalue weighted by atomic mass is 32.2. The zero-order chi connectivity index (χ0) is 21.1. The van der Waals surface area contributed by atoms with Gasteiger partial charge in [-0.15, -0.1) is 16.8 Å². The number of rotatable bonds is 5. The Kier molecular flexibility index (Phi) is 5.92. The van der Waals surface area contributed by atoms with E-state index in [-0.39, 0.29) is 23.5 Å². The molecule has 0 bridgehead atoms. The quantitative estimate of drug-likeness (QED) is 0.710. The van der Waals surface area contributed by atoms with Gasteiger partial charge in [-0.05, 0) is 24.3 Å². The lowest BCUT2D eigenvalue weighted by Gasteiger charge is -2.26. The van der Waals surface area contributed by atoms with E-state index in [1.807, 2.05) is 0 Å². The monoisotopic (exact) mass is 414 g/mol. The smallest absolute Gasteiger partial charge is 0.326 e. The van der Waals surface area contributed by atoms with Crippen molar-refractivity contribution in [1.29, 1.82) is 0 Å². The first-order chi connectivity index (χ1) is 13.8. The molecule has 29 heavy (non-hydrogen) atoms. The van der Waals surface area contributed by atoms with Gasteiger partial charge in [-0.3, -0.25) is 14.4 Å². The molecule has 2 N–H and O–H groups in total. The molecule has 3 rings (SSSR count). The minimum atomic E-state index is -0.700. The number of thioether (sulfide) groups is 1. The molecule has 0 saturated heterocycles. The predicted octanol–water partition coefficient (Wildman–Crippen LogP) is 1.53. The highest BCUT2D eigenvalue weighted by Gasteiger charge is 2.47. The maximum absolute atomic E-state index is 12.6. The molecule has 2 aliphatic heterocycles. The van der Waals surface area contributed by atoms with Crippen molar-refractivity contribution in [2.75, 3.05) is 30.5 Å². The lowest BCUT2D eigenvalue weighted by Crippen LogP contribution is -2.52. The van der Waals surface area contributed by atoms with Gasteiger partial charge in [0.2, 0.25) is 11.8 Å². The molecule has 2 heterocycles. The Morgan fingerprint density at radius 1 is 1.24 bits per heavy atom. The van der Waals surface area contributed by atoms with E-state index in [9.17, 15) is 19.2 Å². The summed E-state index contributed by atoms with van der Waals surface area (Å²) in [5, 5.41) is 5.42. The number of allylic oxidation sites excluding steroid dienone is 1. The molecule has 0 saturated carbocycles. The molecule has 1 aromatic carbocycles. The number of imide groups is 1. The van der Waals surface area contributed by atoms with Crippen LogP contribution in [0.25, 0.3) is 0 Å². The van der Waals surface area contributed by atoms with Crippen molar-refractivity contribution in [3.8, 4) is 0 Å². The maximum Gasteiger partial charge on any atom is 0.445 e. The van der Waals surface area contributed by atoms with Gasteiger partial charge in [-0.25, -0.2) is 4.79 Å². The number of hydrogen-bond acceptors (Lipinski definition) is 6. The number of anilines is 2. The highest BCUT2D eigenvalue weighted by Crippen LogP contribution is 2.31. The van der Waals surface area contributed by atoms with Gasteiger partial charge in [0.25, 0.3) is 5.84 Å². The van der Waals surface area contributed by atoms with Gasteiger partial charge in [0.1, 0.15) is 6.21 Å². The summed E-state index contributed by atoms with van der Waals surface area (Å²) in [4.78, 5) is 54.1. The fourth-order valence-electron chi connectivity index (χ4n) is 2.96. The number of carbonyl (C=O) groups excluding carboxylic acids is 4. The van der Waals surface area contributed by atoms with Crippen LogP contribution < -0.4 is 10.6 Å². The number of dihydropyridines is 1. The van der Waals surface area contributed by atoms with E-state index >= 15 is 0 Å². The summed E-state index contributed by atoms with van der Waals surface area (Å²) < 4.78 is 1.34. The first kappa shape index (κ1) is 20.5. The van der Waals surface area contributed by atoms with Crippen molar-refractivity contribution in [3.63, 3.8) is 0 Å². The van der Waals surface area contributed by atoms with Gasteiger partial charge >= 0.3 is 11.9 Å². The Morgan fingerprint density at radius 2 is 1.93 bits per heavy atom. The van der Waals surface area contributed by atoms with Crippen LogP contribution in [-0.2, 0) is 14.4 Å². The van der Waals surface area contributed by atoms with Crippen molar-refractivity contribution in [2.45, 2.75) is 6.92 Å². The topological polar surface area (TPSA) is 111 Å². The molecular weight excluding hydrogens is 394 g/mol.